The van der Waals surface area contributed by atoms with Crippen molar-refractivity contribution < 1.29 is 14.6 Å². The number of carbonyl (C=O) groups is 1. The smallest absolute Gasteiger partial charge is 0.304 e. The maximum Gasteiger partial charge on any atom is 0.304 e. The molecule has 0 aromatic heterocycles. The first-order valence-corrected chi connectivity index (χ1v) is 5.93. The molecule has 0 spiro atoms. The lowest BCUT2D eigenvalue weighted by Crippen LogP contribution is -2.14. The molecule has 1 saturated carbocycles. The summed E-state index contributed by atoms with van der Waals surface area (Å²) in [6.07, 6.45) is 1.91. The molecule has 0 aliphatic heterocycles. The summed E-state index contributed by atoms with van der Waals surface area (Å²) >= 11 is 6.13. The van der Waals surface area contributed by atoms with Crippen molar-refractivity contribution in [2.45, 2.75) is 31.6 Å². The molecule has 0 heterocycles. The van der Waals surface area contributed by atoms with Crippen molar-refractivity contribution in [2.75, 3.05) is 7.11 Å². The van der Waals surface area contributed by atoms with Crippen molar-refractivity contribution in [1.29, 1.82) is 0 Å². The number of benzene rings is 1. The molecule has 0 amide bonds. The monoisotopic (exact) mass is 254 g/mol. The fourth-order valence-electron chi connectivity index (χ4n) is 2.31. The highest BCUT2D eigenvalue weighted by atomic mass is 35.5. The van der Waals surface area contributed by atoms with Crippen LogP contribution in [0.3, 0.4) is 0 Å². The quantitative estimate of drug-likeness (QED) is 0.898. The Hall–Kier alpha value is -1.22. The van der Waals surface area contributed by atoms with E-state index in [4.69, 9.17) is 21.4 Å². The number of aryl methyl sites for hydroxylation is 1. The van der Waals surface area contributed by atoms with E-state index in [1.165, 1.54) is 0 Å². The summed E-state index contributed by atoms with van der Waals surface area (Å²) in [6.45, 7) is 1.95. The van der Waals surface area contributed by atoms with Gasteiger partial charge in [0.2, 0.25) is 0 Å². The molecule has 92 valence electrons. The van der Waals surface area contributed by atoms with Crippen LogP contribution in [0.5, 0.6) is 5.75 Å². The molecule has 4 heteroatoms. The number of halogens is 1. The van der Waals surface area contributed by atoms with E-state index >= 15 is 0 Å². The Balaban J connectivity index is 2.47. The summed E-state index contributed by atoms with van der Waals surface area (Å²) in [7, 11) is 1.57. The van der Waals surface area contributed by atoms with Gasteiger partial charge in [0.15, 0.2) is 0 Å². The Morgan fingerprint density at radius 1 is 1.53 bits per heavy atom. The van der Waals surface area contributed by atoms with Crippen LogP contribution in [0.25, 0.3) is 0 Å². The van der Waals surface area contributed by atoms with Crippen molar-refractivity contribution >= 4 is 17.6 Å². The normalized spacial score (nSPS) is 16.6. The van der Waals surface area contributed by atoms with E-state index < -0.39 is 5.97 Å². The van der Waals surface area contributed by atoms with E-state index in [1.54, 1.807) is 7.11 Å². The highest BCUT2D eigenvalue weighted by Crippen LogP contribution is 2.55. The molecule has 0 atom stereocenters. The minimum absolute atomic E-state index is 0.142. The first-order chi connectivity index (χ1) is 7.98. The van der Waals surface area contributed by atoms with Crippen LogP contribution in [0, 0.1) is 6.92 Å². The highest BCUT2D eigenvalue weighted by Gasteiger charge is 2.48. The van der Waals surface area contributed by atoms with Crippen LogP contribution < -0.4 is 4.74 Å². The van der Waals surface area contributed by atoms with Crippen molar-refractivity contribution in [1.82, 2.24) is 0 Å². The zero-order valence-electron chi connectivity index (χ0n) is 9.92. The average molecular weight is 255 g/mol. The van der Waals surface area contributed by atoms with Gasteiger partial charge in [-0.25, -0.2) is 0 Å². The number of carboxylic acids is 1. The maximum absolute atomic E-state index is 10.9. The number of methoxy groups -OCH3 is 1. The predicted molar refractivity (Wildman–Crippen MR) is 65.9 cm³/mol. The van der Waals surface area contributed by atoms with Crippen molar-refractivity contribution in [3.05, 3.63) is 28.3 Å². The molecule has 1 aromatic carbocycles. The van der Waals surface area contributed by atoms with Gasteiger partial charge in [-0.15, -0.1) is 0 Å². The summed E-state index contributed by atoms with van der Waals surface area (Å²) < 4.78 is 5.31. The minimum atomic E-state index is -0.776. The third-order valence-electron chi connectivity index (χ3n) is 3.31. The molecule has 17 heavy (non-hydrogen) atoms. The fraction of sp³-hybridized carbons (Fsp3) is 0.462. The Morgan fingerprint density at radius 2 is 2.18 bits per heavy atom. The fourth-order valence-corrected chi connectivity index (χ4v) is 2.66. The minimum Gasteiger partial charge on any atom is -0.495 e. The third kappa shape index (κ3) is 2.25. The van der Waals surface area contributed by atoms with Gasteiger partial charge in [-0.2, -0.15) is 0 Å². The standard InChI is InChI=1S/C13H15ClO3/c1-8-5-9(12(17-2)10(14)6-8)13(3-4-13)7-11(15)16/h5-6H,3-4,7H2,1-2H3,(H,15,16). The SMILES string of the molecule is COc1c(Cl)cc(C)cc1C1(CC(=O)O)CC1. The van der Waals surface area contributed by atoms with E-state index in [-0.39, 0.29) is 11.8 Å². The molecule has 1 aliphatic rings. The number of rotatable bonds is 4. The van der Waals surface area contributed by atoms with E-state index in [2.05, 4.69) is 0 Å². The summed E-state index contributed by atoms with van der Waals surface area (Å²) in [5.74, 6) is -0.154. The number of ether oxygens (including phenoxy) is 1. The van der Waals surface area contributed by atoms with Gasteiger partial charge in [-0.3, -0.25) is 4.79 Å². The van der Waals surface area contributed by atoms with Gasteiger partial charge in [0.05, 0.1) is 18.6 Å². The topological polar surface area (TPSA) is 46.5 Å². The predicted octanol–water partition coefficient (Wildman–Crippen LogP) is 3.16. The molecule has 0 saturated heterocycles. The van der Waals surface area contributed by atoms with Crippen LogP contribution in [-0.4, -0.2) is 18.2 Å². The zero-order valence-corrected chi connectivity index (χ0v) is 10.7. The van der Waals surface area contributed by atoms with Gasteiger partial charge in [0, 0.05) is 11.0 Å². The van der Waals surface area contributed by atoms with Crippen molar-refractivity contribution in [2.24, 2.45) is 0 Å². The lowest BCUT2D eigenvalue weighted by atomic mass is 9.90. The van der Waals surface area contributed by atoms with Gasteiger partial charge >= 0.3 is 5.97 Å². The zero-order chi connectivity index (χ0) is 12.6. The molecule has 2 rings (SSSR count). The van der Waals surface area contributed by atoms with Gasteiger partial charge in [-0.1, -0.05) is 17.7 Å². The molecular formula is C13H15ClO3. The lowest BCUT2D eigenvalue weighted by Gasteiger charge is -2.19. The molecule has 3 nitrogen and oxygen atoms in total. The molecular weight excluding hydrogens is 240 g/mol. The van der Waals surface area contributed by atoms with E-state index in [0.29, 0.717) is 10.8 Å². The second-order valence-corrected chi connectivity index (χ2v) is 5.09. The van der Waals surface area contributed by atoms with E-state index in [0.717, 1.165) is 24.0 Å². The second-order valence-electron chi connectivity index (χ2n) is 4.68. The second kappa shape index (κ2) is 4.22. The lowest BCUT2D eigenvalue weighted by molar-refractivity contribution is -0.137. The van der Waals surface area contributed by atoms with Crippen LogP contribution in [0.2, 0.25) is 5.02 Å². The summed E-state index contributed by atoms with van der Waals surface area (Å²) in [6, 6.07) is 3.82. The first kappa shape index (κ1) is 12.2. The van der Waals surface area contributed by atoms with Gasteiger partial charge in [-0.05, 0) is 31.4 Å². The summed E-state index contributed by atoms with van der Waals surface area (Å²) in [4.78, 5) is 10.9. The van der Waals surface area contributed by atoms with E-state index in [1.807, 2.05) is 19.1 Å². The van der Waals surface area contributed by atoms with Crippen molar-refractivity contribution in [3.63, 3.8) is 0 Å². The third-order valence-corrected chi connectivity index (χ3v) is 3.59. The van der Waals surface area contributed by atoms with Gasteiger partial charge in [0.25, 0.3) is 0 Å². The number of hydrogen-bond acceptors (Lipinski definition) is 2. The Kier molecular flexibility index (Phi) is 3.04. The van der Waals surface area contributed by atoms with Crippen LogP contribution in [0.15, 0.2) is 12.1 Å². The maximum atomic E-state index is 10.9. The summed E-state index contributed by atoms with van der Waals surface area (Å²) in [5.41, 5.74) is 1.70. The van der Waals surface area contributed by atoms with Crippen LogP contribution in [0.4, 0.5) is 0 Å². The van der Waals surface area contributed by atoms with E-state index in [9.17, 15) is 4.79 Å². The van der Waals surface area contributed by atoms with Crippen LogP contribution in [0.1, 0.15) is 30.4 Å². The van der Waals surface area contributed by atoms with Crippen LogP contribution in [-0.2, 0) is 10.2 Å². The summed E-state index contributed by atoms with van der Waals surface area (Å²) in [5, 5.41) is 9.53. The molecule has 0 radical (unpaired) electrons. The average Bonchev–Trinajstić information content (AvgIpc) is 2.96. The Labute approximate surface area is 105 Å². The molecule has 1 aliphatic carbocycles. The highest BCUT2D eigenvalue weighted by molar-refractivity contribution is 6.32. The van der Waals surface area contributed by atoms with Crippen molar-refractivity contribution in [3.8, 4) is 5.75 Å². The molecule has 1 N–H and O–H groups in total. The number of carboxylic acid groups (broad SMARTS) is 1. The molecule has 0 unspecified atom stereocenters. The Bertz CT molecular complexity index is 464. The number of hydrogen-bond donors (Lipinski definition) is 1. The largest absolute Gasteiger partial charge is 0.495 e. The molecule has 0 bridgehead atoms. The van der Waals surface area contributed by atoms with Gasteiger partial charge in [0.1, 0.15) is 5.75 Å². The Morgan fingerprint density at radius 3 is 2.65 bits per heavy atom. The molecule has 1 aromatic rings. The van der Waals surface area contributed by atoms with Gasteiger partial charge < -0.3 is 9.84 Å². The van der Waals surface area contributed by atoms with Crippen LogP contribution >= 0.6 is 11.6 Å². The first-order valence-electron chi connectivity index (χ1n) is 5.55. The number of aliphatic carboxylic acids is 1. The molecule has 1 fully saturated rings.